The number of carbonyl (C=O) groups is 1. The van der Waals surface area contributed by atoms with Crippen LogP contribution in [-0.2, 0) is 0 Å². The molecule has 0 saturated heterocycles. The van der Waals surface area contributed by atoms with Gasteiger partial charge in [0, 0.05) is 24.7 Å². The van der Waals surface area contributed by atoms with E-state index in [1.807, 2.05) is 20.8 Å². The van der Waals surface area contributed by atoms with E-state index in [4.69, 9.17) is 0 Å². The van der Waals surface area contributed by atoms with E-state index in [-0.39, 0.29) is 11.5 Å². The van der Waals surface area contributed by atoms with Gasteiger partial charge in [0.15, 0.2) is 0 Å². The van der Waals surface area contributed by atoms with Crippen LogP contribution in [0.2, 0.25) is 0 Å². The Balaban J connectivity index is 3.01. The zero-order valence-electron chi connectivity index (χ0n) is 11.9. The van der Waals surface area contributed by atoms with Gasteiger partial charge in [0.2, 0.25) is 5.82 Å². The summed E-state index contributed by atoms with van der Waals surface area (Å²) in [5.41, 5.74) is -0.529. The van der Waals surface area contributed by atoms with Crippen LogP contribution < -0.4 is 0 Å². The van der Waals surface area contributed by atoms with Crippen LogP contribution in [0.1, 0.15) is 37.6 Å². The van der Waals surface area contributed by atoms with E-state index in [1.54, 1.807) is 4.90 Å². The van der Waals surface area contributed by atoms with Gasteiger partial charge in [-0.2, -0.15) is 4.39 Å². The number of nitro groups is 1. The molecule has 0 saturated carbocycles. The van der Waals surface area contributed by atoms with E-state index in [9.17, 15) is 19.3 Å². The molecule has 20 heavy (non-hydrogen) atoms. The van der Waals surface area contributed by atoms with Crippen molar-refractivity contribution >= 4 is 11.6 Å². The molecule has 1 aromatic carbocycles. The first-order valence-corrected chi connectivity index (χ1v) is 6.63. The van der Waals surface area contributed by atoms with E-state index in [1.165, 1.54) is 6.07 Å². The van der Waals surface area contributed by atoms with Gasteiger partial charge >= 0.3 is 5.69 Å². The van der Waals surface area contributed by atoms with E-state index >= 15 is 0 Å². The van der Waals surface area contributed by atoms with Crippen molar-refractivity contribution in [3.8, 4) is 0 Å². The minimum Gasteiger partial charge on any atom is -0.339 e. The van der Waals surface area contributed by atoms with Crippen LogP contribution in [0.5, 0.6) is 0 Å². The summed E-state index contributed by atoms with van der Waals surface area (Å²) >= 11 is 0. The lowest BCUT2D eigenvalue weighted by molar-refractivity contribution is -0.387. The average molecular weight is 282 g/mol. The van der Waals surface area contributed by atoms with E-state index in [0.29, 0.717) is 19.0 Å². The maximum atomic E-state index is 13.3. The molecule has 0 spiro atoms. The number of nitro benzene ring substituents is 1. The minimum absolute atomic E-state index is 0.142. The predicted octanol–water partition coefficient (Wildman–Crippen LogP) is 3.24. The number of hydrogen-bond donors (Lipinski definition) is 0. The second-order valence-electron chi connectivity index (χ2n) is 4.78. The SMILES string of the molecule is CCC(C)CN(CC)C(=O)c1ccc(F)c([N+](=O)[O-])c1. The van der Waals surface area contributed by atoms with Crippen molar-refractivity contribution in [2.24, 2.45) is 5.92 Å². The molecule has 1 atom stereocenters. The molecule has 0 heterocycles. The molecule has 5 nitrogen and oxygen atoms in total. The third-order valence-electron chi connectivity index (χ3n) is 3.29. The van der Waals surface area contributed by atoms with Crippen LogP contribution in [0.3, 0.4) is 0 Å². The first-order chi connectivity index (χ1) is 9.40. The molecule has 1 aromatic rings. The van der Waals surface area contributed by atoms with Crippen LogP contribution in [0.25, 0.3) is 0 Å². The Kier molecular flexibility index (Phi) is 5.61. The molecule has 0 radical (unpaired) electrons. The number of amides is 1. The molecular formula is C14H19FN2O3. The first kappa shape index (κ1) is 16.1. The lowest BCUT2D eigenvalue weighted by Crippen LogP contribution is -2.34. The summed E-state index contributed by atoms with van der Waals surface area (Å²) in [5, 5.41) is 10.7. The number of carbonyl (C=O) groups excluding carboxylic acids is 1. The fourth-order valence-corrected chi connectivity index (χ4v) is 1.83. The number of hydrogen-bond acceptors (Lipinski definition) is 3. The summed E-state index contributed by atoms with van der Waals surface area (Å²) in [6.07, 6.45) is 0.938. The molecule has 1 unspecified atom stereocenters. The van der Waals surface area contributed by atoms with Gasteiger partial charge < -0.3 is 4.90 Å². The minimum atomic E-state index is -0.934. The van der Waals surface area contributed by atoms with Gasteiger partial charge in [0.1, 0.15) is 0 Å². The Morgan fingerprint density at radius 3 is 2.60 bits per heavy atom. The maximum absolute atomic E-state index is 13.3. The summed E-state index contributed by atoms with van der Waals surface area (Å²) < 4.78 is 13.3. The fraction of sp³-hybridized carbons (Fsp3) is 0.500. The Labute approximate surface area is 117 Å². The summed E-state index contributed by atoms with van der Waals surface area (Å²) in [6.45, 7) is 7.00. The van der Waals surface area contributed by atoms with Crippen molar-refractivity contribution in [2.75, 3.05) is 13.1 Å². The van der Waals surface area contributed by atoms with E-state index < -0.39 is 16.4 Å². The Morgan fingerprint density at radius 2 is 2.10 bits per heavy atom. The molecule has 0 fully saturated rings. The topological polar surface area (TPSA) is 63.5 Å². The van der Waals surface area contributed by atoms with Crippen molar-refractivity contribution in [1.29, 1.82) is 0 Å². The van der Waals surface area contributed by atoms with Gasteiger partial charge in [-0.3, -0.25) is 14.9 Å². The van der Waals surface area contributed by atoms with Gasteiger partial charge in [-0.05, 0) is 25.0 Å². The fourth-order valence-electron chi connectivity index (χ4n) is 1.83. The molecular weight excluding hydrogens is 263 g/mol. The van der Waals surface area contributed by atoms with Gasteiger partial charge in [-0.15, -0.1) is 0 Å². The molecule has 1 amide bonds. The normalized spacial score (nSPS) is 12.0. The van der Waals surface area contributed by atoms with Crippen molar-refractivity contribution in [2.45, 2.75) is 27.2 Å². The van der Waals surface area contributed by atoms with E-state index in [2.05, 4.69) is 0 Å². The summed E-state index contributed by atoms with van der Waals surface area (Å²) in [5.74, 6) is -0.901. The summed E-state index contributed by atoms with van der Waals surface area (Å²) in [4.78, 5) is 23.8. The predicted molar refractivity (Wildman–Crippen MR) is 74.1 cm³/mol. The van der Waals surface area contributed by atoms with Crippen molar-refractivity contribution < 1.29 is 14.1 Å². The second kappa shape index (κ2) is 6.98. The van der Waals surface area contributed by atoms with Crippen LogP contribution in [0.15, 0.2) is 18.2 Å². The summed E-state index contributed by atoms with van der Waals surface area (Å²) in [6, 6.07) is 3.24. The second-order valence-corrected chi connectivity index (χ2v) is 4.78. The van der Waals surface area contributed by atoms with E-state index in [0.717, 1.165) is 18.6 Å². The maximum Gasteiger partial charge on any atom is 0.305 e. The smallest absolute Gasteiger partial charge is 0.305 e. The molecule has 0 aliphatic carbocycles. The highest BCUT2D eigenvalue weighted by Gasteiger charge is 2.21. The van der Waals surface area contributed by atoms with Gasteiger partial charge in [-0.1, -0.05) is 20.3 Å². The molecule has 6 heteroatoms. The molecule has 0 aromatic heterocycles. The third-order valence-corrected chi connectivity index (χ3v) is 3.29. The third kappa shape index (κ3) is 3.76. The van der Waals surface area contributed by atoms with Crippen molar-refractivity contribution in [3.05, 3.63) is 39.7 Å². The number of nitrogens with zero attached hydrogens (tertiary/aromatic N) is 2. The quantitative estimate of drug-likeness (QED) is 0.594. The Hall–Kier alpha value is -1.98. The molecule has 0 aliphatic heterocycles. The highest BCUT2D eigenvalue weighted by molar-refractivity contribution is 5.94. The number of rotatable bonds is 6. The Morgan fingerprint density at radius 1 is 1.45 bits per heavy atom. The lowest BCUT2D eigenvalue weighted by Gasteiger charge is -2.24. The number of benzene rings is 1. The first-order valence-electron chi connectivity index (χ1n) is 6.63. The molecule has 0 N–H and O–H groups in total. The highest BCUT2D eigenvalue weighted by Crippen LogP contribution is 2.20. The standard InChI is InChI=1S/C14H19FN2O3/c1-4-10(3)9-16(5-2)14(18)11-6-7-12(15)13(8-11)17(19)20/h6-8,10H,4-5,9H2,1-3H3. The Bertz CT molecular complexity index is 505. The van der Waals surface area contributed by atoms with Crippen molar-refractivity contribution in [3.63, 3.8) is 0 Å². The van der Waals surface area contributed by atoms with Gasteiger partial charge in [0.25, 0.3) is 5.91 Å². The molecule has 110 valence electrons. The van der Waals surface area contributed by atoms with Gasteiger partial charge in [0.05, 0.1) is 4.92 Å². The zero-order valence-corrected chi connectivity index (χ0v) is 11.9. The van der Waals surface area contributed by atoms with Gasteiger partial charge in [-0.25, -0.2) is 0 Å². The van der Waals surface area contributed by atoms with Crippen molar-refractivity contribution in [1.82, 2.24) is 4.90 Å². The molecule has 1 rings (SSSR count). The van der Waals surface area contributed by atoms with Crippen LogP contribution >= 0.6 is 0 Å². The molecule has 0 aliphatic rings. The van der Waals surface area contributed by atoms with Crippen LogP contribution in [0, 0.1) is 21.8 Å². The molecule has 0 bridgehead atoms. The summed E-state index contributed by atoms with van der Waals surface area (Å²) in [7, 11) is 0. The monoisotopic (exact) mass is 282 g/mol. The largest absolute Gasteiger partial charge is 0.339 e. The van der Waals surface area contributed by atoms with Crippen LogP contribution in [-0.4, -0.2) is 28.8 Å². The number of halogens is 1. The lowest BCUT2D eigenvalue weighted by atomic mass is 10.1. The van der Waals surface area contributed by atoms with Crippen LogP contribution in [0.4, 0.5) is 10.1 Å². The average Bonchev–Trinajstić information content (AvgIpc) is 2.43. The zero-order chi connectivity index (χ0) is 15.3. The highest BCUT2D eigenvalue weighted by atomic mass is 19.1.